The van der Waals surface area contributed by atoms with Crippen molar-refractivity contribution in [2.75, 3.05) is 7.11 Å². The van der Waals surface area contributed by atoms with Gasteiger partial charge in [-0.05, 0) is 42.3 Å². The van der Waals surface area contributed by atoms with Crippen LogP contribution in [0.2, 0.25) is 0 Å². The maximum Gasteiger partial charge on any atom is 0.346 e. The van der Waals surface area contributed by atoms with Gasteiger partial charge >= 0.3 is 5.97 Å². The monoisotopic (exact) mass is 360 g/mol. The van der Waals surface area contributed by atoms with Gasteiger partial charge in [0.05, 0.1) is 7.11 Å². The number of methoxy groups -OCH3 is 1. The summed E-state index contributed by atoms with van der Waals surface area (Å²) in [6.07, 6.45) is 3.45. The molecule has 0 saturated heterocycles. The predicted octanol–water partition coefficient (Wildman–Crippen LogP) is 4.56. The lowest BCUT2D eigenvalue weighted by Gasteiger charge is -2.12. The zero-order valence-electron chi connectivity index (χ0n) is 12.5. The minimum Gasteiger partial charge on any atom is -0.479 e. The first-order valence-electron chi connectivity index (χ1n) is 6.86. The summed E-state index contributed by atoms with van der Waals surface area (Å²) < 4.78 is 11.2. The molecule has 0 radical (unpaired) electrons. The van der Waals surface area contributed by atoms with E-state index in [0.29, 0.717) is 5.75 Å². The maximum absolute atomic E-state index is 11.3. The van der Waals surface area contributed by atoms with Gasteiger partial charge < -0.3 is 9.47 Å². The third kappa shape index (κ3) is 4.74. The molecule has 2 rings (SSSR count). The summed E-state index contributed by atoms with van der Waals surface area (Å²) in [7, 11) is 1.35. The molecule has 0 aliphatic carbocycles. The van der Waals surface area contributed by atoms with Crippen LogP contribution in [-0.2, 0) is 9.53 Å². The summed E-state index contributed by atoms with van der Waals surface area (Å²) in [5, 5.41) is 0. The minimum absolute atomic E-state index is 0.390. The van der Waals surface area contributed by atoms with Crippen LogP contribution in [0, 0.1) is 0 Å². The molecule has 2 aromatic rings. The van der Waals surface area contributed by atoms with E-state index in [1.54, 1.807) is 6.92 Å². The lowest BCUT2D eigenvalue weighted by Crippen LogP contribution is -2.24. The molecule has 4 heteroatoms. The van der Waals surface area contributed by atoms with Gasteiger partial charge in [0.15, 0.2) is 6.10 Å². The van der Waals surface area contributed by atoms with Gasteiger partial charge in [0.25, 0.3) is 0 Å². The molecule has 0 aliphatic rings. The molecule has 0 heterocycles. The first-order valence-corrected chi connectivity index (χ1v) is 7.66. The van der Waals surface area contributed by atoms with Gasteiger partial charge in [-0.2, -0.15) is 0 Å². The van der Waals surface area contributed by atoms with Crippen LogP contribution in [-0.4, -0.2) is 19.2 Å². The molecule has 0 spiro atoms. The lowest BCUT2D eigenvalue weighted by atomic mass is 10.1. The number of carbonyl (C=O) groups excluding carboxylic acids is 1. The summed E-state index contributed by atoms with van der Waals surface area (Å²) in [5.41, 5.74) is 2.18. The summed E-state index contributed by atoms with van der Waals surface area (Å²) in [6.45, 7) is 1.66. The molecule has 0 N–H and O–H groups in total. The molecule has 1 unspecified atom stereocenters. The zero-order valence-corrected chi connectivity index (χ0v) is 14.0. The van der Waals surface area contributed by atoms with Gasteiger partial charge in [0, 0.05) is 4.47 Å². The third-order valence-corrected chi connectivity index (χ3v) is 3.59. The van der Waals surface area contributed by atoms with Crippen molar-refractivity contribution in [1.29, 1.82) is 0 Å². The fourth-order valence-electron chi connectivity index (χ4n) is 1.84. The van der Waals surface area contributed by atoms with Crippen molar-refractivity contribution < 1.29 is 14.3 Å². The van der Waals surface area contributed by atoms with Gasteiger partial charge in [-0.3, -0.25) is 0 Å². The summed E-state index contributed by atoms with van der Waals surface area (Å²) >= 11 is 3.41. The Hall–Kier alpha value is -2.07. The largest absolute Gasteiger partial charge is 0.479 e. The second-order valence-electron chi connectivity index (χ2n) is 4.74. The van der Waals surface area contributed by atoms with Crippen LogP contribution in [0.1, 0.15) is 18.1 Å². The summed E-state index contributed by atoms with van der Waals surface area (Å²) in [4.78, 5) is 11.3. The van der Waals surface area contributed by atoms with E-state index in [2.05, 4.69) is 20.7 Å². The molecule has 3 nitrogen and oxygen atoms in total. The number of benzene rings is 2. The number of halogens is 1. The van der Waals surface area contributed by atoms with Crippen molar-refractivity contribution in [3.8, 4) is 5.75 Å². The van der Waals surface area contributed by atoms with Crippen molar-refractivity contribution in [2.45, 2.75) is 13.0 Å². The highest BCUT2D eigenvalue weighted by Gasteiger charge is 2.14. The molecule has 0 aliphatic heterocycles. The van der Waals surface area contributed by atoms with E-state index in [1.807, 2.05) is 60.7 Å². The fraction of sp³-hybridized carbons (Fsp3) is 0.167. The molecule has 2 aromatic carbocycles. The van der Waals surface area contributed by atoms with Crippen molar-refractivity contribution in [1.82, 2.24) is 0 Å². The molecule has 1 atom stereocenters. The van der Waals surface area contributed by atoms with E-state index in [1.165, 1.54) is 7.11 Å². The van der Waals surface area contributed by atoms with Crippen LogP contribution in [0.25, 0.3) is 12.2 Å². The predicted molar refractivity (Wildman–Crippen MR) is 91.6 cm³/mol. The normalized spacial score (nSPS) is 12.1. The van der Waals surface area contributed by atoms with E-state index in [9.17, 15) is 4.79 Å². The van der Waals surface area contributed by atoms with Crippen molar-refractivity contribution in [3.63, 3.8) is 0 Å². The minimum atomic E-state index is -0.617. The molecule has 0 saturated carbocycles. The average molecular weight is 361 g/mol. The highest BCUT2D eigenvalue weighted by atomic mass is 79.9. The van der Waals surface area contributed by atoms with Gasteiger partial charge in [-0.15, -0.1) is 0 Å². The quantitative estimate of drug-likeness (QED) is 0.579. The number of esters is 1. The van der Waals surface area contributed by atoms with Crippen LogP contribution in [0.15, 0.2) is 53.0 Å². The molecule has 0 fully saturated rings. The lowest BCUT2D eigenvalue weighted by molar-refractivity contribution is -0.147. The van der Waals surface area contributed by atoms with Gasteiger partial charge in [-0.25, -0.2) is 4.79 Å². The van der Waals surface area contributed by atoms with E-state index < -0.39 is 6.10 Å². The highest BCUT2D eigenvalue weighted by Crippen LogP contribution is 2.17. The smallest absolute Gasteiger partial charge is 0.346 e. The van der Waals surface area contributed by atoms with Crippen LogP contribution >= 0.6 is 15.9 Å². The molecule has 114 valence electrons. The zero-order chi connectivity index (χ0) is 15.9. The molecule has 0 amide bonds. The van der Waals surface area contributed by atoms with Crippen LogP contribution in [0.5, 0.6) is 5.75 Å². The Morgan fingerprint density at radius 1 is 1.00 bits per heavy atom. The standard InChI is InChI=1S/C18H17BrO3/c1-13(18(20)21-2)22-17-11-7-15(8-12-17)4-3-14-5-9-16(19)10-6-14/h3-13H,1-2H3/b4-3+. The number of ether oxygens (including phenoxy) is 2. The fourth-order valence-corrected chi connectivity index (χ4v) is 2.11. The number of hydrogen-bond acceptors (Lipinski definition) is 3. The summed E-state index contributed by atoms with van der Waals surface area (Å²) in [6, 6.07) is 15.6. The van der Waals surface area contributed by atoms with Gasteiger partial charge in [-0.1, -0.05) is 52.3 Å². The van der Waals surface area contributed by atoms with Gasteiger partial charge in [0.1, 0.15) is 5.75 Å². The average Bonchev–Trinajstić information content (AvgIpc) is 2.55. The third-order valence-electron chi connectivity index (χ3n) is 3.06. The Morgan fingerprint density at radius 2 is 1.50 bits per heavy atom. The Morgan fingerprint density at radius 3 is 2.00 bits per heavy atom. The van der Waals surface area contributed by atoms with Crippen LogP contribution in [0.4, 0.5) is 0 Å². The second-order valence-corrected chi connectivity index (χ2v) is 5.65. The summed E-state index contributed by atoms with van der Waals surface area (Å²) in [5.74, 6) is 0.248. The maximum atomic E-state index is 11.3. The van der Waals surface area contributed by atoms with E-state index in [0.717, 1.165) is 15.6 Å². The molecular formula is C18H17BrO3. The first-order chi connectivity index (χ1) is 10.6. The van der Waals surface area contributed by atoms with E-state index in [-0.39, 0.29) is 5.97 Å². The highest BCUT2D eigenvalue weighted by molar-refractivity contribution is 9.10. The number of rotatable bonds is 5. The van der Waals surface area contributed by atoms with E-state index >= 15 is 0 Å². The van der Waals surface area contributed by atoms with Crippen molar-refractivity contribution in [3.05, 3.63) is 64.1 Å². The van der Waals surface area contributed by atoms with Crippen LogP contribution < -0.4 is 4.74 Å². The Labute approximate surface area is 138 Å². The molecule has 22 heavy (non-hydrogen) atoms. The van der Waals surface area contributed by atoms with Crippen LogP contribution in [0.3, 0.4) is 0 Å². The van der Waals surface area contributed by atoms with E-state index in [4.69, 9.17) is 4.74 Å². The Bertz CT molecular complexity index is 645. The van der Waals surface area contributed by atoms with Gasteiger partial charge in [0.2, 0.25) is 0 Å². The second kappa shape index (κ2) is 7.80. The van der Waals surface area contributed by atoms with Crippen molar-refractivity contribution >= 4 is 34.1 Å². The Balaban J connectivity index is 1.99. The SMILES string of the molecule is COC(=O)C(C)Oc1ccc(/C=C/c2ccc(Br)cc2)cc1. The molecular weight excluding hydrogens is 344 g/mol. The molecule has 0 aromatic heterocycles. The molecule has 0 bridgehead atoms. The van der Waals surface area contributed by atoms with Crippen molar-refractivity contribution in [2.24, 2.45) is 0 Å². The number of carbonyl (C=O) groups is 1. The topological polar surface area (TPSA) is 35.5 Å². The number of hydrogen-bond donors (Lipinski definition) is 0. The first kappa shape index (κ1) is 16.3. The Kier molecular flexibility index (Phi) is 5.78.